The molecule has 0 aliphatic heterocycles. The van der Waals surface area contributed by atoms with Crippen LogP contribution in [0, 0.1) is 5.82 Å². The lowest BCUT2D eigenvalue weighted by molar-refractivity contribution is 0.341. The maximum absolute atomic E-state index is 13.1. The van der Waals surface area contributed by atoms with Crippen LogP contribution in [0.2, 0.25) is 0 Å². The zero-order chi connectivity index (χ0) is 10.6. The fourth-order valence-corrected chi connectivity index (χ4v) is 0.932. The molecule has 0 saturated heterocycles. The van der Waals surface area contributed by atoms with E-state index in [-0.39, 0.29) is 5.75 Å². The van der Waals surface area contributed by atoms with E-state index in [1.165, 1.54) is 12.1 Å². The SMILES string of the molecule is CC(C)=CCOc1ccc(N)cc1F. The molecular weight excluding hydrogens is 181 g/mol. The molecule has 14 heavy (non-hydrogen) atoms. The third-order valence-electron chi connectivity index (χ3n) is 1.69. The van der Waals surface area contributed by atoms with Crippen LogP contribution in [0.25, 0.3) is 0 Å². The van der Waals surface area contributed by atoms with Crippen LogP contribution in [-0.4, -0.2) is 6.61 Å². The second-order valence-corrected chi connectivity index (χ2v) is 3.28. The smallest absolute Gasteiger partial charge is 0.167 e. The number of benzene rings is 1. The summed E-state index contributed by atoms with van der Waals surface area (Å²) in [5.41, 5.74) is 6.94. The summed E-state index contributed by atoms with van der Waals surface area (Å²) in [6.07, 6.45) is 1.88. The lowest BCUT2D eigenvalue weighted by Gasteiger charge is -2.05. The molecule has 0 atom stereocenters. The van der Waals surface area contributed by atoms with Gasteiger partial charge in [0.15, 0.2) is 11.6 Å². The second-order valence-electron chi connectivity index (χ2n) is 3.28. The Bertz CT molecular complexity index is 343. The minimum Gasteiger partial charge on any atom is -0.486 e. The van der Waals surface area contributed by atoms with E-state index in [2.05, 4.69) is 0 Å². The van der Waals surface area contributed by atoms with E-state index >= 15 is 0 Å². The summed E-state index contributed by atoms with van der Waals surface area (Å²) in [4.78, 5) is 0. The van der Waals surface area contributed by atoms with Gasteiger partial charge >= 0.3 is 0 Å². The van der Waals surface area contributed by atoms with Gasteiger partial charge in [-0.2, -0.15) is 0 Å². The number of allylic oxidation sites excluding steroid dienone is 1. The number of nitrogen functional groups attached to an aromatic ring is 1. The molecule has 0 aromatic heterocycles. The van der Waals surface area contributed by atoms with E-state index in [0.29, 0.717) is 12.3 Å². The standard InChI is InChI=1S/C11H14FNO/c1-8(2)5-6-14-11-4-3-9(13)7-10(11)12/h3-5,7H,6,13H2,1-2H3. The number of anilines is 1. The first-order valence-electron chi connectivity index (χ1n) is 4.41. The molecule has 2 N–H and O–H groups in total. The van der Waals surface area contributed by atoms with Crippen LogP contribution < -0.4 is 10.5 Å². The van der Waals surface area contributed by atoms with Crippen LogP contribution in [0.5, 0.6) is 5.75 Å². The molecule has 0 radical (unpaired) electrons. The second kappa shape index (κ2) is 4.65. The van der Waals surface area contributed by atoms with E-state index < -0.39 is 5.82 Å². The van der Waals surface area contributed by atoms with Crippen LogP contribution in [0.4, 0.5) is 10.1 Å². The summed E-state index contributed by atoms with van der Waals surface area (Å²) in [5, 5.41) is 0. The van der Waals surface area contributed by atoms with Gasteiger partial charge in [-0.3, -0.25) is 0 Å². The summed E-state index contributed by atoms with van der Waals surface area (Å²) in [6, 6.07) is 4.39. The summed E-state index contributed by atoms with van der Waals surface area (Å²) < 4.78 is 18.3. The monoisotopic (exact) mass is 195 g/mol. The van der Waals surface area contributed by atoms with Gasteiger partial charge in [0.1, 0.15) is 6.61 Å². The summed E-state index contributed by atoms with van der Waals surface area (Å²) >= 11 is 0. The highest BCUT2D eigenvalue weighted by Gasteiger charge is 2.01. The first-order valence-corrected chi connectivity index (χ1v) is 4.41. The quantitative estimate of drug-likeness (QED) is 0.594. The Morgan fingerprint density at radius 1 is 1.50 bits per heavy atom. The lowest BCUT2D eigenvalue weighted by Crippen LogP contribution is -1.97. The minimum absolute atomic E-state index is 0.233. The van der Waals surface area contributed by atoms with Crippen LogP contribution in [-0.2, 0) is 0 Å². The fraction of sp³-hybridized carbons (Fsp3) is 0.273. The normalized spacial score (nSPS) is 9.64. The molecule has 1 aromatic rings. The van der Waals surface area contributed by atoms with E-state index in [0.717, 1.165) is 5.57 Å². The van der Waals surface area contributed by atoms with Crippen molar-refractivity contribution >= 4 is 5.69 Å². The maximum atomic E-state index is 13.1. The van der Waals surface area contributed by atoms with Gasteiger partial charge < -0.3 is 10.5 Å². The van der Waals surface area contributed by atoms with Gasteiger partial charge in [-0.05, 0) is 32.1 Å². The molecule has 0 aliphatic rings. The molecular formula is C11H14FNO. The average molecular weight is 195 g/mol. The van der Waals surface area contributed by atoms with Crippen LogP contribution in [0.3, 0.4) is 0 Å². The van der Waals surface area contributed by atoms with E-state index in [9.17, 15) is 4.39 Å². The van der Waals surface area contributed by atoms with Gasteiger partial charge in [-0.25, -0.2) is 4.39 Å². The molecule has 0 fully saturated rings. The number of hydrogen-bond acceptors (Lipinski definition) is 2. The molecule has 0 amide bonds. The van der Waals surface area contributed by atoms with E-state index in [1.807, 2.05) is 19.9 Å². The van der Waals surface area contributed by atoms with Crippen molar-refractivity contribution in [1.82, 2.24) is 0 Å². The van der Waals surface area contributed by atoms with Crippen molar-refractivity contribution in [2.24, 2.45) is 0 Å². The third-order valence-corrected chi connectivity index (χ3v) is 1.69. The Morgan fingerprint density at radius 3 is 2.79 bits per heavy atom. The van der Waals surface area contributed by atoms with E-state index in [4.69, 9.17) is 10.5 Å². The highest BCUT2D eigenvalue weighted by Crippen LogP contribution is 2.19. The van der Waals surface area contributed by atoms with Crippen molar-refractivity contribution in [3.63, 3.8) is 0 Å². The predicted octanol–water partition coefficient (Wildman–Crippen LogP) is 2.75. The first-order chi connectivity index (χ1) is 6.59. The summed E-state index contributed by atoms with van der Waals surface area (Å²) in [7, 11) is 0. The molecule has 1 rings (SSSR count). The van der Waals surface area contributed by atoms with Crippen LogP contribution in [0.1, 0.15) is 13.8 Å². The highest BCUT2D eigenvalue weighted by molar-refractivity contribution is 5.42. The Balaban J connectivity index is 2.64. The molecule has 0 unspecified atom stereocenters. The van der Waals surface area contributed by atoms with Crippen molar-refractivity contribution in [1.29, 1.82) is 0 Å². The topological polar surface area (TPSA) is 35.2 Å². The first kappa shape index (κ1) is 10.6. The Hall–Kier alpha value is -1.51. The fourth-order valence-electron chi connectivity index (χ4n) is 0.932. The zero-order valence-corrected chi connectivity index (χ0v) is 8.38. The van der Waals surface area contributed by atoms with Gasteiger partial charge in [-0.1, -0.05) is 5.57 Å². The number of nitrogens with two attached hydrogens (primary N) is 1. The van der Waals surface area contributed by atoms with Crippen molar-refractivity contribution < 1.29 is 9.13 Å². The third kappa shape index (κ3) is 3.09. The number of halogens is 1. The maximum Gasteiger partial charge on any atom is 0.167 e. The molecule has 0 aliphatic carbocycles. The molecule has 0 spiro atoms. The van der Waals surface area contributed by atoms with Crippen molar-refractivity contribution in [2.45, 2.75) is 13.8 Å². The Labute approximate surface area is 83.2 Å². The van der Waals surface area contributed by atoms with Gasteiger partial charge in [0, 0.05) is 11.8 Å². The van der Waals surface area contributed by atoms with Crippen molar-refractivity contribution in [3.8, 4) is 5.75 Å². The zero-order valence-electron chi connectivity index (χ0n) is 8.38. The van der Waals surface area contributed by atoms with Crippen LogP contribution in [0.15, 0.2) is 29.8 Å². The van der Waals surface area contributed by atoms with Gasteiger partial charge in [0.05, 0.1) is 0 Å². The molecule has 0 saturated carbocycles. The van der Waals surface area contributed by atoms with Gasteiger partial charge in [0.2, 0.25) is 0 Å². The lowest BCUT2D eigenvalue weighted by atomic mass is 10.3. The molecule has 2 nitrogen and oxygen atoms in total. The van der Waals surface area contributed by atoms with Gasteiger partial charge in [-0.15, -0.1) is 0 Å². The molecule has 3 heteroatoms. The average Bonchev–Trinajstić information content (AvgIpc) is 2.08. The number of rotatable bonds is 3. The highest BCUT2D eigenvalue weighted by atomic mass is 19.1. The summed E-state index contributed by atoms with van der Waals surface area (Å²) in [6.45, 7) is 4.30. The summed E-state index contributed by atoms with van der Waals surface area (Å²) in [5.74, 6) is -0.191. The van der Waals surface area contributed by atoms with Crippen LogP contribution >= 0.6 is 0 Å². The largest absolute Gasteiger partial charge is 0.486 e. The van der Waals surface area contributed by atoms with E-state index in [1.54, 1.807) is 6.07 Å². The minimum atomic E-state index is -0.424. The number of ether oxygens (including phenoxy) is 1. The molecule has 1 aromatic carbocycles. The van der Waals surface area contributed by atoms with Crippen molar-refractivity contribution in [2.75, 3.05) is 12.3 Å². The molecule has 0 heterocycles. The number of hydrogen-bond donors (Lipinski definition) is 1. The Morgan fingerprint density at radius 2 is 2.21 bits per heavy atom. The predicted molar refractivity (Wildman–Crippen MR) is 55.7 cm³/mol. The van der Waals surface area contributed by atoms with Crippen molar-refractivity contribution in [3.05, 3.63) is 35.7 Å². The molecule has 0 bridgehead atoms. The Kier molecular flexibility index (Phi) is 3.51. The molecule has 76 valence electrons. The van der Waals surface area contributed by atoms with Gasteiger partial charge in [0.25, 0.3) is 0 Å².